The number of carbonyl (C=O) groups is 1. The number of benzene rings is 1. The first-order chi connectivity index (χ1) is 18.8. The van der Waals surface area contributed by atoms with Gasteiger partial charge in [0.25, 0.3) is 0 Å². The molecule has 9 heteroatoms. The number of thiazole rings is 1. The Morgan fingerprint density at radius 2 is 2.08 bits per heavy atom. The number of nitrogen functional groups attached to an aromatic ring is 1. The van der Waals surface area contributed by atoms with Crippen LogP contribution < -0.4 is 15.8 Å². The number of hydrogen-bond donors (Lipinski definition) is 4. The lowest BCUT2D eigenvalue weighted by molar-refractivity contribution is -0.188. The molecule has 1 spiro atoms. The van der Waals surface area contributed by atoms with Gasteiger partial charge in [0.05, 0.1) is 16.7 Å². The van der Waals surface area contributed by atoms with Gasteiger partial charge in [-0.2, -0.15) is 0 Å². The van der Waals surface area contributed by atoms with Crippen LogP contribution >= 0.6 is 11.3 Å². The second-order valence-corrected chi connectivity index (χ2v) is 13.6. The van der Waals surface area contributed by atoms with Crippen LogP contribution in [0.3, 0.4) is 0 Å². The van der Waals surface area contributed by atoms with Crippen molar-refractivity contribution < 1.29 is 19.7 Å². The number of likely N-dealkylation sites (tertiary alicyclic amines) is 1. The number of nitrogens with two attached hydrogens (primary N) is 1. The van der Waals surface area contributed by atoms with E-state index in [2.05, 4.69) is 22.1 Å². The minimum absolute atomic E-state index is 0.0454. The number of nitrogens with one attached hydrogen (secondary N) is 1. The Kier molecular flexibility index (Phi) is 6.23. The number of fused-ring (bicyclic) bond motifs is 1. The predicted octanol–water partition coefficient (Wildman–Crippen LogP) is 3.11. The van der Waals surface area contributed by atoms with Gasteiger partial charge in [-0.15, -0.1) is 11.3 Å². The molecular weight excluding hydrogens is 512 g/mol. The molecule has 210 valence electrons. The number of nitrogens with zero attached hydrogens (tertiary/aromatic N) is 2. The average molecular weight is 553 g/mol. The SMILES string of the molecule is CCCN[C@H]1CCc2nc(N)sc2C1.O=C1CC[C@@]2(O)[C@H]3Cc4ccc(O)c5c4[C@@]2(CCN3CC2CC2)[C@H]1O5. The van der Waals surface area contributed by atoms with Crippen molar-refractivity contribution in [2.45, 2.75) is 100 Å². The number of piperidine rings is 1. The van der Waals surface area contributed by atoms with E-state index in [0.717, 1.165) is 67.5 Å². The lowest BCUT2D eigenvalue weighted by atomic mass is 9.49. The molecule has 2 aromatic rings. The number of hydrogen-bond acceptors (Lipinski definition) is 9. The van der Waals surface area contributed by atoms with Crippen LogP contribution in [-0.2, 0) is 29.5 Å². The zero-order chi connectivity index (χ0) is 26.9. The zero-order valence-electron chi connectivity index (χ0n) is 22.7. The number of phenolic OH excluding ortho intramolecular Hbond substituents is 1. The number of carbonyl (C=O) groups excluding carboxylic acids is 1. The van der Waals surface area contributed by atoms with Crippen LogP contribution in [0.25, 0.3) is 0 Å². The Balaban J connectivity index is 0.000000154. The summed E-state index contributed by atoms with van der Waals surface area (Å²) in [5, 5.41) is 26.6. The Labute approximate surface area is 233 Å². The summed E-state index contributed by atoms with van der Waals surface area (Å²) >= 11 is 1.65. The van der Waals surface area contributed by atoms with Crippen molar-refractivity contribution in [3.05, 3.63) is 33.8 Å². The molecule has 1 aromatic heterocycles. The van der Waals surface area contributed by atoms with Crippen LogP contribution in [0.1, 0.15) is 73.6 Å². The summed E-state index contributed by atoms with van der Waals surface area (Å²) in [5.41, 5.74) is 7.38. The first-order valence-electron chi connectivity index (χ1n) is 14.8. The normalized spacial score (nSPS) is 34.0. The van der Waals surface area contributed by atoms with E-state index in [0.29, 0.717) is 24.6 Å². The number of aryl methyl sites for hydroxylation is 1. The fourth-order valence-electron chi connectivity index (χ4n) is 8.18. The molecule has 0 amide bonds. The van der Waals surface area contributed by atoms with Gasteiger partial charge in [0, 0.05) is 35.5 Å². The molecule has 6 aliphatic rings. The van der Waals surface area contributed by atoms with Gasteiger partial charge in [-0.05, 0) is 88.4 Å². The highest BCUT2D eigenvalue weighted by Gasteiger charge is 2.73. The molecule has 39 heavy (non-hydrogen) atoms. The molecule has 8 nitrogen and oxygen atoms in total. The first-order valence-corrected chi connectivity index (χ1v) is 15.6. The number of Topliss-reactive ketones (excluding diaryl/α,β-unsaturated/α-hetero) is 1. The molecule has 3 heterocycles. The smallest absolute Gasteiger partial charge is 0.180 e. The number of aliphatic hydroxyl groups is 1. The summed E-state index contributed by atoms with van der Waals surface area (Å²) < 4.78 is 6.04. The van der Waals surface area contributed by atoms with Crippen molar-refractivity contribution in [1.82, 2.24) is 15.2 Å². The van der Waals surface area contributed by atoms with Crippen LogP contribution in [-0.4, -0.2) is 69.3 Å². The van der Waals surface area contributed by atoms with Gasteiger partial charge in [-0.25, -0.2) is 4.98 Å². The third-order valence-corrected chi connectivity index (χ3v) is 11.1. The first kappa shape index (κ1) is 25.7. The number of phenols is 1. The molecule has 8 rings (SSSR count). The topological polar surface area (TPSA) is 121 Å². The average Bonchev–Trinajstić information content (AvgIpc) is 3.54. The van der Waals surface area contributed by atoms with Crippen LogP contribution in [0.4, 0.5) is 5.13 Å². The van der Waals surface area contributed by atoms with Crippen LogP contribution in [0, 0.1) is 5.92 Å². The monoisotopic (exact) mass is 552 g/mol. The maximum absolute atomic E-state index is 12.7. The van der Waals surface area contributed by atoms with Crippen molar-refractivity contribution in [3.8, 4) is 11.5 Å². The van der Waals surface area contributed by atoms with Crippen molar-refractivity contribution in [2.75, 3.05) is 25.4 Å². The Morgan fingerprint density at radius 3 is 2.87 bits per heavy atom. The van der Waals surface area contributed by atoms with Gasteiger partial charge in [0.1, 0.15) is 0 Å². The number of aromatic nitrogens is 1. The lowest BCUT2D eigenvalue weighted by Crippen LogP contribution is -2.76. The van der Waals surface area contributed by atoms with E-state index in [9.17, 15) is 15.0 Å². The minimum Gasteiger partial charge on any atom is -0.504 e. The zero-order valence-corrected chi connectivity index (χ0v) is 23.6. The largest absolute Gasteiger partial charge is 0.504 e. The summed E-state index contributed by atoms with van der Waals surface area (Å²) in [4.78, 5) is 20.9. The summed E-state index contributed by atoms with van der Waals surface area (Å²) in [6.45, 7) is 5.27. The number of rotatable bonds is 5. The number of aromatic hydroxyl groups is 1. The van der Waals surface area contributed by atoms with E-state index >= 15 is 0 Å². The van der Waals surface area contributed by atoms with Crippen LogP contribution in [0.2, 0.25) is 0 Å². The third-order valence-electron chi connectivity index (χ3n) is 10.2. The van der Waals surface area contributed by atoms with Crippen molar-refractivity contribution >= 4 is 22.3 Å². The van der Waals surface area contributed by atoms with Crippen molar-refractivity contribution in [1.29, 1.82) is 0 Å². The van der Waals surface area contributed by atoms with Gasteiger partial charge in [-0.3, -0.25) is 9.69 Å². The molecule has 1 aromatic carbocycles. The van der Waals surface area contributed by atoms with Crippen molar-refractivity contribution in [2.24, 2.45) is 5.92 Å². The molecule has 2 bridgehead atoms. The highest BCUT2D eigenvalue weighted by Crippen LogP contribution is 2.64. The van der Waals surface area contributed by atoms with E-state index in [1.54, 1.807) is 17.4 Å². The highest BCUT2D eigenvalue weighted by atomic mass is 32.1. The van der Waals surface area contributed by atoms with E-state index in [1.165, 1.54) is 36.3 Å². The molecule has 5 N–H and O–H groups in total. The Morgan fingerprint density at radius 1 is 1.23 bits per heavy atom. The van der Waals surface area contributed by atoms with Crippen molar-refractivity contribution in [3.63, 3.8) is 0 Å². The molecule has 4 aliphatic carbocycles. The second-order valence-electron chi connectivity index (χ2n) is 12.5. The molecule has 5 atom stereocenters. The summed E-state index contributed by atoms with van der Waals surface area (Å²) in [6, 6.07) is 4.33. The molecule has 1 saturated heterocycles. The fraction of sp³-hybridized carbons (Fsp3) is 0.667. The van der Waals surface area contributed by atoms with Gasteiger partial charge in [0.15, 0.2) is 28.5 Å². The molecule has 3 fully saturated rings. The number of ketones is 1. The summed E-state index contributed by atoms with van der Waals surface area (Å²) in [5.74, 6) is 1.39. The van der Waals surface area contributed by atoms with Crippen LogP contribution in [0.5, 0.6) is 11.5 Å². The maximum Gasteiger partial charge on any atom is 0.180 e. The van der Waals surface area contributed by atoms with E-state index in [1.807, 2.05) is 6.07 Å². The van der Waals surface area contributed by atoms with Crippen LogP contribution in [0.15, 0.2) is 12.1 Å². The molecule has 0 unspecified atom stereocenters. The Hall–Kier alpha value is -2.20. The number of ether oxygens (including phenoxy) is 1. The molecule has 2 aliphatic heterocycles. The lowest BCUT2D eigenvalue weighted by Gasteiger charge is -2.62. The van der Waals surface area contributed by atoms with E-state index < -0.39 is 17.1 Å². The fourth-order valence-corrected chi connectivity index (χ4v) is 9.14. The summed E-state index contributed by atoms with van der Waals surface area (Å²) in [7, 11) is 0. The van der Waals surface area contributed by atoms with Gasteiger partial charge < -0.3 is 26.0 Å². The second kappa shape index (κ2) is 9.43. The third kappa shape index (κ3) is 3.95. The molecular formula is C30H40N4O4S. The van der Waals surface area contributed by atoms with Gasteiger partial charge >= 0.3 is 0 Å². The molecule has 2 saturated carbocycles. The maximum atomic E-state index is 12.7. The Bertz CT molecular complexity index is 1290. The standard InChI is InChI=1S/C20H23NO4.C10H17N3S/c22-13-4-3-12-9-15-20(24)6-5-14(23)18-19(20,16(12)17(13)25-18)7-8-21(15)10-11-1-2-11;1-2-5-12-7-3-4-8-9(6-7)14-10(11)13-8/h3-4,11,15,18,22,24H,1-2,5-10H2;7,12H,2-6H2,1H3,(H2,11,13)/t15-,18+,19+,20-;7-/m10/s1. The minimum atomic E-state index is -0.940. The predicted molar refractivity (Wildman–Crippen MR) is 150 cm³/mol. The highest BCUT2D eigenvalue weighted by molar-refractivity contribution is 7.15. The van der Waals surface area contributed by atoms with Gasteiger partial charge in [-0.1, -0.05) is 13.0 Å². The van der Waals surface area contributed by atoms with E-state index in [-0.39, 0.29) is 17.6 Å². The molecule has 0 radical (unpaired) electrons. The summed E-state index contributed by atoms with van der Waals surface area (Å²) in [6.07, 6.45) is 8.94. The van der Waals surface area contributed by atoms with E-state index in [4.69, 9.17) is 10.5 Å². The van der Waals surface area contributed by atoms with Gasteiger partial charge in [0.2, 0.25) is 0 Å². The quantitative estimate of drug-likeness (QED) is 0.447. The number of anilines is 1.